The topological polar surface area (TPSA) is 183 Å². The van der Waals surface area contributed by atoms with Crippen molar-refractivity contribution in [2.45, 2.75) is 57.4 Å². The number of hydrogen-bond donors (Lipinski definition) is 5. The largest absolute Gasteiger partial charge is 0.507 e. The van der Waals surface area contributed by atoms with Gasteiger partial charge in [-0.25, -0.2) is 0 Å². The quantitative estimate of drug-likeness (QED) is 0.0579. The van der Waals surface area contributed by atoms with E-state index in [0.29, 0.717) is 46.2 Å². The Morgan fingerprint density at radius 3 is 1.50 bits per heavy atom. The number of carbonyl (C=O) groups excluding carboxylic acids is 4. The minimum absolute atomic E-state index is 0.00322. The molecule has 1 aromatic carbocycles. The number of phenolic OH excluding ortho intramolecular Hbond substituents is 1. The Balaban J connectivity index is 2.97. The van der Waals surface area contributed by atoms with Crippen LogP contribution in [-0.4, -0.2) is 120 Å². The number of para-hydroxylation sites is 1. The molecule has 278 valence electrons. The summed E-state index contributed by atoms with van der Waals surface area (Å²) < 4.78 is 26.6. The van der Waals surface area contributed by atoms with Gasteiger partial charge in [0.05, 0.1) is 51.8 Å². The first-order chi connectivity index (χ1) is 24.3. The molecule has 0 aliphatic rings. The van der Waals surface area contributed by atoms with Gasteiger partial charge in [-0.3, -0.25) is 19.2 Å². The van der Waals surface area contributed by atoms with E-state index in [1.165, 1.54) is 12.1 Å². The van der Waals surface area contributed by atoms with Crippen LogP contribution >= 0.6 is 0 Å². The normalized spacial score (nSPS) is 10.9. The summed E-state index contributed by atoms with van der Waals surface area (Å²) >= 11 is 0. The maximum atomic E-state index is 13.5. The molecular formula is C36H54N4O10. The standard InChI is InChI=1S/C36H54N4O10/c1-4-20-46-23-17-37-32(42)11-14-36(40-35(45)30-9-7-8-10-31(30)41,15-12-33(43)38-18-24-49-28-26-47-21-5-2)16-13-34(44)39-19-25-50-29-27-48-22-6-3/h2-3,7-10,41H,4,11-29H2,1H3,(H,37,42)(H,38,43)(H,39,44)(H,40,45). The zero-order valence-electron chi connectivity index (χ0n) is 29.2. The maximum absolute atomic E-state index is 13.5. The zero-order chi connectivity index (χ0) is 36.7. The van der Waals surface area contributed by atoms with Crippen LogP contribution in [0.4, 0.5) is 0 Å². The second-order valence-electron chi connectivity index (χ2n) is 11.2. The molecule has 1 aromatic rings. The highest BCUT2D eigenvalue weighted by Gasteiger charge is 2.34. The van der Waals surface area contributed by atoms with E-state index in [0.717, 1.165) is 6.42 Å². The van der Waals surface area contributed by atoms with E-state index >= 15 is 0 Å². The molecule has 0 spiro atoms. The summed E-state index contributed by atoms with van der Waals surface area (Å²) in [6.07, 6.45) is 11.4. The minimum atomic E-state index is -1.17. The molecule has 0 fully saturated rings. The lowest BCUT2D eigenvalue weighted by atomic mass is 9.82. The van der Waals surface area contributed by atoms with Crippen molar-refractivity contribution in [2.24, 2.45) is 0 Å². The first-order valence-corrected chi connectivity index (χ1v) is 16.9. The van der Waals surface area contributed by atoms with Crippen LogP contribution in [0.3, 0.4) is 0 Å². The van der Waals surface area contributed by atoms with Gasteiger partial charge in [-0.1, -0.05) is 30.9 Å². The molecule has 0 aromatic heterocycles. The van der Waals surface area contributed by atoms with Crippen LogP contribution in [0.1, 0.15) is 62.2 Å². The fourth-order valence-electron chi connectivity index (χ4n) is 4.60. The van der Waals surface area contributed by atoms with Crippen LogP contribution in [0.2, 0.25) is 0 Å². The number of hydrogen-bond acceptors (Lipinski definition) is 10. The highest BCUT2D eigenvalue weighted by atomic mass is 16.5. The Morgan fingerprint density at radius 2 is 1.08 bits per heavy atom. The number of rotatable bonds is 30. The Kier molecular flexibility index (Phi) is 25.1. The second kappa shape index (κ2) is 28.6. The van der Waals surface area contributed by atoms with Crippen molar-refractivity contribution < 1.29 is 48.0 Å². The predicted octanol–water partition coefficient (Wildman–Crippen LogP) is 1.31. The molecule has 0 aliphatic heterocycles. The van der Waals surface area contributed by atoms with Crippen molar-refractivity contribution in [2.75, 3.05) is 85.7 Å². The number of benzene rings is 1. The van der Waals surface area contributed by atoms with Crippen molar-refractivity contribution in [3.8, 4) is 30.4 Å². The second-order valence-corrected chi connectivity index (χ2v) is 11.2. The summed E-state index contributed by atoms with van der Waals surface area (Å²) in [5.41, 5.74) is -1.14. The summed E-state index contributed by atoms with van der Waals surface area (Å²) in [5, 5.41) is 21.7. The van der Waals surface area contributed by atoms with Gasteiger partial charge in [0.1, 0.15) is 19.0 Å². The van der Waals surface area contributed by atoms with Crippen LogP contribution in [-0.2, 0) is 38.1 Å². The third-order valence-electron chi connectivity index (χ3n) is 7.19. The number of terminal acetylenes is 2. The van der Waals surface area contributed by atoms with Crippen LogP contribution in [0, 0.1) is 24.7 Å². The molecule has 0 atom stereocenters. The lowest BCUT2D eigenvalue weighted by Crippen LogP contribution is -2.50. The lowest BCUT2D eigenvalue weighted by Gasteiger charge is -2.35. The molecule has 14 heteroatoms. The van der Waals surface area contributed by atoms with E-state index in [2.05, 4.69) is 33.1 Å². The molecule has 0 saturated carbocycles. The monoisotopic (exact) mass is 702 g/mol. The molecule has 1 rings (SSSR count). The third-order valence-corrected chi connectivity index (χ3v) is 7.19. The highest BCUT2D eigenvalue weighted by molar-refractivity contribution is 5.97. The predicted molar refractivity (Wildman–Crippen MR) is 187 cm³/mol. The van der Waals surface area contributed by atoms with Crippen molar-refractivity contribution >= 4 is 23.6 Å². The first kappa shape index (κ1) is 43.8. The summed E-state index contributed by atoms with van der Waals surface area (Å²) in [5.74, 6) is 3.03. The Bertz CT molecular complexity index is 1170. The van der Waals surface area contributed by atoms with Crippen LogP contribution < -0.4 is 21.3 Å². The van der Waals surface area contributed by atoms with E-state index in [-0.39, 0.29) is 107 Å². The number of carbonyl (C=O) groups is 4. The van der Waals surface area contributed by atoms with Gasteiger partial charge in [0.25, 0.3) is 5.91 Å². The van der Waals surface area contributed by atoms with Crippen LogP contribution in [0.25, 0.3) is 0 Å². The van der Waals surface area contributed by atoms with Gasteiger partial charge >= 0.3 is 0 Å². The zero-order valence-corrected chi connectivity index (χ0v) is 29.2. The molecule has 0 unspecified atom stereocenters. The fraction of sp³-hybridized carbons (Fsp3) is 0.611. The number of ether oxygens (including phenoxy) is 5. The summed E-state index contributed by atoms with van der Waals surface area (Å²) in [7, 11) is 0. The SMILES string of the molecule is C#CCOCCOCCNC(=O)CCC(CCC(=O)NCCOCCC)(CCC(=O)NCCOCCOCC#C)NC(=O)c1ccccc1O. The first-order valence-electron chi connectivity index (χ1n) is 16.9. The van der Waals surface area contributed by atoms with Gasteiger partial charge in [-0.15, -0.1) is 12.8 Å². The van der Waals surface area contributed by atoms with E-state index < -0.39 is 11.4 Å². The van der Waals surface area contributed by atoms with Gasteiger partial charge in [0.15, 0.2) is 0 Å². The maximum Gasteiger partial charge on any atom is 0.255 e. The molecule has 0 radical (unpaired) electrons. The summed E-state index contributed by atoms with van der Waals surface area (Å²) in [4.78, 5) is 52.1. The van der Waals surface area contributed by atoms with Gasteiger partial charge < -0.3 is 50.1 Å². The molecule has 14 nitrogen and oxygen atoms in total. The van der Waals surface area contributed by atoms with E-state index in [1.807, 2.05) is 6.92 Å². The molecular weight excluding hydrogens is 648 g/mol. The molecule has 0 heterocycles. The van der Waals surface area contributed by atoms with Crippen molar-refractivity contribution in [3.05, 3.63) is 29.8 Å². The summed E-state index contributed by atoms with van der Waals surface area (Å²) in [6.45, 7) is 5.94. The molecule has 0 aliphatic carbocycles. The van der Waals surface area contributed by atoms with E-state index in [1.54, 1.807) is 12.1 Å². The van der Waals surface area contributed by atoms with E-state index in [4.69, 9.17) is 36.5 Å². The smallest absolute Gasteiger partial charge is 0.255 e. The Morgan fingerprint density at radius 1 is 0.660 bits per heavy atom. The van der Waals surface area contributed by atoms with Crippen molar-refractivity contribution in [1.29, 1.82) is 0 Å². The molecule has 4 amide bonds. The van der Waals surface area contributed by atoms with Crippen LogP contribution in [0.5, 0.6) is 5.75 Å². The third kappa shape index (κ3) is 21.7. The highest BCUT2D eigenvalue weighted by Crippen LogP contribution is 2.28. The van der Waals surface area contributed by atoms with Gasteiger partial charge in [-0.05, 0) is 37.8 Å². The summed E-state index contributed by atoms with van der Waals surface area (Å²) in [6, 6.07) is 6.05. The minimum Gasteiger partial charge on any atom is -0.507 e. The number of aromatic hydroxyl groups is 1. The number of phenols is 1. The Labute approximate surface area is 296 Å². The lowest BCUT2D eigenvalue weighted by molar-refractivity contribution is -0.121. The molecule has 5 N–H and O–H groups in total. The fourth-order valence-corrected chi connectivity index (χ4v) is 4.60. The van der Waals surface area contributed by atoms with Gasteiger partial charge in [0.2, 0.25) is 17.7 Å². The number of nitrogens with one attached hydrogen (secondary N) is 4. The number of amides is 4. The van der Waals surface area contributed by atoms with Crippen LogP contribution in [0.15, 0.2) is 24.3 Å². The average Bonchev–Trinajstić information content (AvgIpc) is 3.11. The molecule has 0 bridgehead atoms. The van der Waals surface area contributed by atoms with Crippen molar-refractivity contribution in [3.63, 3.8) is 0 Å². The van der Waals surface area contributed by atoms with Gasteiger partial charge in [0, 0.05) is 51.0 Å². The molecule has 0 saturated heterocycles. The van der Waals surface area contributed by atoms with E-state index in [9.17, 15) is 24.3 Å². The average molecular weight is 703 g/mol. The Hall–Kier alpha value is -4.18. The van der Waals surface area contributed by atoms with Crippen molar-refractivity contribution in [1.82, 2.24) is 21.3 Å². The van der Waals surface area contributed by atoms with Gasteiger partial charge in [-0.2, -0.15) is 0 Å². The molecule has 50 heavy (non-hydrogen) atoms.